The molecular weight excluding hydrogens is 316 g/mol. The van der Waals surface area contributed by atoms with Crippen LogP contribution in [0.3, 0.4) is 0 Å². The molecule has 1 fully saturated rings. The third kappa shape index (κ3) is 4.74. The van der Waals surface area contributed by atoms with E-state index in [4.69, 9.17) is 4.74 Å². The Morgan fingerprint density at radius 2 is 1.84 bits per heavy atom. The fourth-order valence-corrected chi connectivity index (χ4v) is 3.19. The molecular formula is C20H30N2O3. The van der Waals surface area contributed by atoms with Gasteiger partial charge in [0.2, 0.25) is 5.91 Å². The molecule has 5 heteroatoms. The highest BCUT2D eigenvalue weighted by Crippen LogP contribution is 2.38. The number of benzene rings is 1. The average molecular weight is 346 g/mol. The monoisotopic (exact) mass is 346 g/mol. The lowest BCUT2D eigenvalue weighted by Gasteiger charge is -2.33. The molecule has 138 valence electrons. The van der Waals surface area contributed by atoms with Crippen molar-refractivity contribution in [2.45, 2.75) is 65.6 Å². The summed E-state index contributed by atoms with van der Waals surface area (Å²) >= 11 is 0. The van der Waals surface area contributed by atoms with Gasteiger partial charge in [-0.2, -0.15) is 0 Å². The molecule has 0 aliphatic carbocycles. The van der Waals surface area contributed by atoms with Crippen molar-refractivity contribution in [1.82, 2.24) is 10.2 Å². The molecule has 1 N–H and O–H groups in total. The molecule has 0 aromatic heterocycles. The number of hydrogen-bond donors (Lipinski definition) is 1. The van der Waals surface area contributed by atoms with Crippen molar-refractivity contribution < 1.29 is 14.3 Å². The van der Waals surface area contributed by atoms with E-state index < -0.39 is 11.7 Å². The summed E-state index contributed by atoms with van der Waals surface area (Å²) in [7, 11) is 0. The minimum atomic E-state index is -0.538. The van der Waals surface area contributed by atoms with E-state index in [9.17, 15) is 9.59 Å². The van der Waals surface area contributed by atoms with Crippen LogP contribution in [0.2, 0.25) is 0 Å². The van der Waals surface area contributed by atoms with E-state index in [1.54, 1.807) is 0 Å². The Balaban J connectivity index is 2.05. The Labute approximate surface area is 150 Å². The van der Waals surface area contributed by atoms with Crippen LogP contribution in [0, 0.1) is 5.41 Å². The second kappa shape index (κ2) is 7.06. The van der Waals surface area contributed by atoms with E-state index in [0.717, 1.165) is 5.56 Å². The molecule has 0 radical (unpaired) electrons. The van der Waals surface area contributed by atoms with Crippen molar-refractivity contribution in [3.8, 4) is 0 Å². The smallest absolute Gasteiger partial charge is 0.407 e. The van der Waals surface area contributed by atoms with Gasteiger partial charge in [0.1, 0.15) is 5.60 Å². The first-order valence-corrected chi connectivity index (χ1v) is 8.86. The van der Waals surface area contributed by atoms with E-state index in [1.165, 1.54) is 0 Å². The normalized spacial score (nSPS) is 23.3. The number of nitrogens with zero attached hydrogens (tertiary/aromatic N) is 1. The number of amides is 2. The summed E-state index contributed by atoms with van der Waals surface area (Å²) in [5, 5.41) is 2.90. The third-order valence-electron chi connectivity index (χ3n) is 4.94. The summed E-state index contributed by atoms with van der Waals surface area (Å²) < 4.78 is 5.33. The number of hydrogen-bond acceptors (Lipinski definition) is 3. The standard InChI is InChI=1S/C20H30N2O3/c1-14(16-10-8-7-9-11-16)22-13-20(6,12-17(22)23)15(2)21-18(24)25-19(3,4)5/h7-11,14-15H,12-13H2,1-6H3,(H,21,24)/t14-,15-,20-/m1/s1. The van der Waals surface area contributed by atoms with Crippen LogP contribution in [0.25, 0.3) is 0 Å². The van der Waals surface area contributed by atoms with Crippen molar-refractivity contribution in [2.24, 2.45) is 5.41 Å². The molecule has 5 nitrogen and oxygen atoms in total. The van der Waals surface area contributed by atoms with Crippen molar-refractivity contribution in [3.63, 3.8) is 0 Å². The Morgan fingerprint density at radius 3 is 2.40 bits per heavy atom. The van der Waals surface area contributed by atoms with Crippen molar-refractivity contribution in [1.29, 1.82) is 0 Å². The minimum absolute atomic E-state index is 0.0178. The predicted molar refractivity (Wildman–Crippen MR) is 98.1 cm³/mol. The van der Waals surface area contributed by atoms with E-state index >= 15 is 0 Å². The fraction of sp³-hybridized carbons (Fsp3) is 0.600. The van der Waals surface area contributed by atoms with Crippen molar-refractivity contribution in [3.05, 3.63) is 35.9 Å². The van der Waals surface area contributed by atoms with E-state index in [0.29, 0.717) is 13.0 Å². The molecule has 0 saturated carbocycles. The van der Waals surface area contributed by atoms with Gasteiger partial charge in [0, 0.05) is 24.4 Å². The first-order chi connectivity index (χ1) is 11.5. The van der Waals surface area contributed by atoms with E-state index in [2.05, 4.69) is 5.32 Å². The lowest BCUT2D eigenvalue weighted by atomic mass is 9.82. The number of carbonyl (C=O) groups excluding carboxylic acids is 2. The second-order valence-corrected chi connectivity index (χ2v) is 8.31. The third-order valence-corrected chi connectivity index (χ3v) is 4.94. The van der Waals surface area contributed by atoms with E-state index in [-0.39, 0.29) is 23.4 Å². The van der Waals surface area contributed by atoms with Gasteiger partial charge in [-0.15, -0.1) is 0 Å². The number of carbonyl (C=O) groups is 2. The highest BCUT2D eigenvalue weighted by molar-refractivity contribution is 5.80. The maximum Gasteiger partial charge on any atom is 0.407 e. The summed E-state index contributed by atoms with van der Waals surface area (Å²) in [6.07, 6.45) is -0.0237. The summed E-state index contributed by atoms with van der Waals surface area (Å²) in [4.78, 5) is 26.6. The Bertz CT molecular complexity index is 624. The van der Waals surface area contributed by atoms with Gasteiger partial charge in [0.05, 0.1) is 6.04 Å². The number of rotatable bonds is 4. The molecule has 1 aliphatic rings. The maximum absolute atomic E-state index is 12.6. The largest absolute Gasteiger partial charge is 0.444 e. The fourth-order valence-electron chi connectivity index (χ4n) is 3.19. The van der Waals surface area contributed by atoms with Gasteiger partial charge in [-0.25, -0.2) is 4.79 Å². The number of alkyl carbamates (subject to hydrolysis) is 1. The van der Waals surface area contributed by atoms with Crippen LogP contribution in [0.5, 0.6) is 0 Å². The van der Waals surface area contributed by atoms with Crippen LogP contribution < -0.4 is 5.32 Å². The Hall–Kier alpha value is -2.04. The number of nitrogens with one attached hydrogen (secondary N) is 1. The second-order valence-electron chi connectivity index (χ2n) is 8.31. The SMILES string of the molecule is C[C@H](c1ccccc1)N1C[C@](C)([C@@H](C)NC(=O)OC(C)(C)C)CC1=O. The van der Waals surface area contributed by atoms with Crippen LogP contribution in [0.1, 0.15) is 59.6 Å². The summed E-state index contributed by atoms with van der Waals surface area (Å²) in [6.45, 7) is 12.1. The topological polar surface area (TPSA) is 58.6 Å². The highest BCUT2D eigenvalue weighted by atomic mass is 16.6. The zero-order valence-electron chi connectivity index (χ0n) is 16.1. The van der Waals surface area contributed by atoms with Crippen LogP contribution in [-0.2, 0) is 9.53 Å². The average Bonchev–Trinajstić information content (AvgIpc) is 2.82. The molecule has 1 heterocycles. The Morgan fingerprint density at radius 1 is 1.24 bits per heavy atom. The molecule has 1 saturated heterocycles. The van der Waals surface area contributed by atoms with Crippen LogP contribution in [-0.4, -0.2) is 35.1 Å². The molecule has 3 atom stereocenters. The lowest BCUT2D eigenvalue weighted by molar-refractivity contribution is -0.129. The van der Waals surface area contributed by atoms with Crippen LogP contribution in [0.4, 0.5) is 4.79 Å². The maximum atomic E-state index is 12.6. The molecule has 1 aromatic carbocycles. The van der Waals surface area contributed by atoms with Gasteiger partial charge in [0.25, 0.3) is 0 Å². The minimum Gasteiger partial charge on any atom is -0.444 e. The highest BCUT2D eigenvalue weighted by Gasteiger charge is 2.45. The zero-order chi connectivity index (χ0) is 18.8. The number of likely N-dealkylation sites (tertiary alicyclic amines) is 1. The first-order valence-electron chi connectivity index (χ1n) is 8.86. The van der Waals surface area contributed by atoms with E-state index in [1.807, 2.05) is 76.8 Å². The van der Waals surface area contributed by atoms with Crippen LogP contribution in [0.15, 0.2) is 30.3 Å². The first kappa shape index (κ1) is 19.3. The summed E-state index contributed by atoms with van der Waals surface area (Å²) in [5.74, 6) is 0.122. The van der Waals surface area contributed by atoms with Crippen molar-refractivity contribution in [2.75, 3.05) is 6.54 Å². The summed E-state index contributed by atoms with van der Waals surface area (Å²) in [6, 6.07) is 9.87. The van der Waals surface area contributed by atoms with Gasteiger partial charge in [-0.3, -0.25) is 4.79 Å². The van der Waals surface area contributed by atoms with Gasteiger partial charge >= 0.3 is 6.09 Å². The molecule has 2 amide bonds. The molecule has 0 spiro atoms. The molecule has 1 aromatic rings. The van der Waals surface area contributed by atoms with Gasteiger partial charge in [0.15, 0.2) is 0 Å². The Kier molecular flexibility index (Phi) is 5.45. The zero-order valence-corrected chi connectivity index (χ0v) is 16.1. The van der Waals surface area contributed by atoms with Gasteiger partial charge in [-0.05, 0) is 40.2 Å². The molecule has 2 rings (SSSR count). The molecule has 0 bridgehead atoms. The van der Waals surface area contributed by atoms with Gasteiger partial charge < -0.3 is 15.0 Å². The van der Waals surface area contributed by atoms with Gasteiger partial charge in [-0.1, -0.05) is 37.3 Å². The predicted octanol–water partition coefficient (Wildman–Crippen LogP) is 3.90. The summed E-state index contributed by atoms with van der Waals surface area (Å²) in [5.41, 5.74) is 0.258. The quantitative estimate of drug-likeness (QED) is 0.899. The van der Waals surface area contributed by atoms with Crippen molar-refractivity contribution >= 4 is 12.0 Å². The lowest BCUT2D eigenvalue weighted by Crippen LogP contribution is -2.47. The molecule has 0 unspecified atom stereocenters. The van der Waals surface area contributed by atoms with Crippen LogP contribution >= 0.6 is 0 Å². The molecule has 25 heavy (non-hydrogen) atoms. The number of ether oxygens (including phenoxy) is 1. The molecule has 1 aliphatic heterocycles.